The van der Waals surface area contributed by atoms with E-state index >= 15 is 0 Å². The van der Waals surface area contributed by atoms with Crippen LogP contribution in [0.5, 0.6) is 0 Å². The maximum atomic E-state index is 13.2. The molecule has 1 atom stereocenters. The molecule has 5 heteroatoms. The lowest BCUT2D eigenvalue weighted by molar-refractivity contribution is -0.127. The molecule has 3 aromatic rings. The van der Waals surface area contributed by atoms with Crippen LogP contribution in [-0.2, 0) is 23.1 Å². The Labute approximate surface area is 159 Å². The van der Waals surface area contributed by atoms with Gasteiger partial charge in [0.1, 0.15) is 11.9 Å². The average Bonchev–Trinajstić information content (AvgIpc) is 3.38. The Morgan fingerprint density at radius 2 is 2.00 bits per heavy atom. The van der Waals surface area contributed by atoms with E-state index in [2.05, 4.69) is 29.2 Å². The predicted molar refractivity (Wildman–Crippen MR) is 105 cm³/mol. The number of amides is 1. The van der Waals surface area contributed by atoms with Gasteiger partial charge in [-0.2, -0.15) is 0 Å². The SMILES string of the molecule is Cn1ccnc1CN(C(=O)[C@@H]1CCCO1)c1cccc(-c2ccccc2)c1. The van der Waals surface area contributed by atoms with E-state index in [1.165, 1.54) is 0 Å². The quantitative estimate of drug-likeness (QED) is 0.694. The summed E-state index contributed by atoms with van der Waals surface area (Å²) >= 11 is 0. The maximum absolute atomic E-state index is 13.2. The highest BCUT2D eigenvalue weighted by molar-refractivity contribution is 5.97. The summed E-state index contributed by atoms with van der Waals surface area (Å²) in [6, 6.07) is 18.3. The van der Waals surface area contributed by atoms with Crippen LogP contribution < -0.4 is 4.90 Å². The van der Waals surface area contributed by atoms with Crippen molar-refractivity contribution in [3.05, 3.63) is 72.8 Å². The summed E-state index contributed by atoms with van der Waals surface area (Å²) in [5.41, 5.74) is 3.07. The van der Waals surface area contributed by atoms with E-state index in [1.807, 2.05) is 48.1 Å². The Morgan fingerprint density at radius 3 is 2.70 bits per heavy atom. The van der Waals surface area contributed by atoms with Crippen molar-refractivity contribution in [2.24, 2.45) is 7.05 Å². The molecule has 4 rings (SSSR count). The topological polar surface area (TPSA) is 47.4 Å². The van der Waals surface area contributed by atoms with Crippen LogP contribution in [0.3, 0.4) is 0 Å². The number of aromatic nitrogens is 2. The van der Waals surface area contributed by atoms with E-state index in [0.29, 0.717) is 13.2 Å². The number of hydrogen-bond acceptors (Lipinski definition) is 3. The molecule has 2 aromatic carbocycles. The van der Waals surface area contributed by atoms with Crippen LogP contribution in [0.4, 0.5) is 5.69 Å². The van der Waals surface area contributed by atoms with Crippen LogP contribution in [0.1, 0.15) is 18.7 Å². The minimum atomic E-state index is -0.370. The largest absolute Gasteiger partial charge is 0.368 e. The molecular weight excluding hydrogens is 338 g/mol. The number of rotatable bonds is 5. The zero-order valence-corrected chi connectivity index (χ0v) is 15.4. The van der Waals surface area contributed by atoms with Crippen molar-refractivity contribution < 1.29 is 9.53 Å². The van der Waals surface area contributed by atoms with Gasteiger partial charge in [-0.25, -0.2) is 4.98 Å². The van der Waals surface area contributed by atoms with Gasteiger partial charge in [-0.3, -0.25) is 4.79 Å². The zero-order valence-electron chi connectivity index (χ0n) is 15.4. The van der Waals surface area contributed by atoms with Gasteiger partial charge in [0.2, 0.25) is 0 Å². The Kier molecular flexibility index (Phi) is 5.03. The minimum Gasteiger partial charge on any atom is -0.368 e. The monoisotopic (exact) mass is 361 g/mol. The average molecular weight is 361 g/mol. The zero-order chi connectivity index (χ0) is 18.6. The lowest BCUT2D eigenvalue weighted by Crippen LogP contribution is -2.39. The third-order valence-electron chi connectivity index (χ3n) is 4.96. The van der Waals surface area contributed by atoms with Crippen molar-refractivity contribution in [2.75, 3.05) is 11.5 Å². The van der Waals surface area contributed by atoms with Crippen molar-refractivity contribution in [1.82, 2.24) is 9.55 Å². The van der Waals surface area contributed by atoms with E-state index in [1.54, 1.807) is 11.1 Å². The van der Waals surface area contributed by atoms with Crippen LogP contribution in [0, 0.1) is 0 Å². The molecule has 0 radical (unpaired) electrons. The van der Waals surface area contributed by atoms with Gasteiger partial charge in [-0.15, -0.1) is 0 Å². The molecule has 1 fully saturated rings. The van der Waals surface area contributed by atoms with Gasteiger partial charge in [0, 0.05) is 31.7 Å². The first-order valence-electron chi connectivity index (χ1n) is 9.27. The van der Waals surface area contributed by atoms with Crippen molar-refractivity contribution in [1.29, 1.82) is 0 Å². The second-order valence-corrected chi connectivity index (χ2v) is 6.80. The Bertz CT molecular complexity index is 914. The van der Waals surface area contributed by atoms with Gasteiger partial charge in [-0.05, 0) is 36.1 Å². The van der Waals surface area contributed by atoms with Gasteiger partial charge in [0.25, 0.3) is 5.91 Å². The number of carbonyl (C=O) groups is 1. The number of imidazole rings is 1. The van der Waals surface area contributed by atoms with Crippen molar-refractivity contribution in [3.8, 4) is 11.1 Å². The Hall–Kier alpha value is -2.92. The second-order valence-electron chi connectivity index (χ2n) is 6.80. The van der Waals surface area contributed by atoms with Crippen LogP contribution in [0.25, 0.3) is 11.1 Å². The third-order valence-corrected chi connectivity index (χ3v) is 4.96. The molecule has 27 heavy (non-hydrogen) atoms. The van der Waals surface area contributed by atoms with Gasteiger partial charge in [-0.1, -0.05) is 42.5 Å². The number of hydrogen-bond donors (Lipinski definition) is 0. The standard InChI is InChI=1S/C22H23N3O2/c1-24-13-12-23-21(24)16-25(22(26)20-11-6-14-27-20)19-10-5-9-18(15-19)17-7-3-2-4-8-17/h2-5,7-10,12-13,15,20H,6,11,14,16H2,1H3/t20-/m0/s1. The molecule has 5 nitrogen and oxygen atoms in total. The first-order chi connectivity index (χ1) is 13.2. The molecule has 1 saturated heterocycles. The smallest absolute Gasteiger partial charge is 0.256 e. The lowest BCUT2D eigenvalue weighted by Gasteiger charge is -2.25. The number of nitrogens with zero attached hydrogens (tertiary/aromatic N) is 3. The second kappa shape index (κ2) is 7.76. The van der Waals surface area contributed by atoms with E-state index in [4.69, 9.17) is 4.74 Å². The highest BCUT2D eigenvalue weighted by Crippen LogP contribution is 2.27. The van der Waals surface area contributed by atoms with E-state index in [9.17, 15) is 4.79 Å². The first-order valence-corrected chi connectivity index (χ1v) is 9.27. The lowest BCUT2D eigenvalue weighted by atomic mass is 10.0. The molecule has 1 aliphatic heterocycles. The highest BCUT2D eigenvalue weighted by Gasteiger charge is 2.30. The van der Waals surface area contributed by atoms with Crippen molar-refractivity contribution >= 4 is 11.6 Å². The van der Waals surface area contributed by atoms with E-state index in [-0.39, 0.29) is 12.0 Å². The van der Waals surface area contributed by atoms with Crippen LogP contribution in [0.15, 0.2) is 67.0 Å². The van der Waals surface area contributed by atoms with Gasteiger partial charge in [0.15, 0.2) is 0 Å². The summed E-state index contributed by atoms with van der Waals surface area (Å²) < 4.78 is 7.60. The van der Waals surface area contributed by atoms with E-state index in [0.717, 1.165) is 35.5 Å². The summed E-state index contributed by atoms with van der Waals surface area (Å²) in [7, 11) is 1.94. The fourth-order valence-corrected chi connectivity index (χ4v) is 3.42. The van der Waals surface area contributed by atoms with Crippen molar-refractivity contribution in [3.63, 3.8) is 0 Å². The molecule has 0 N–H and O–H groups in total. The summed E-state index contributed by atoms with van der Waals surface area (Å²) in [6.07, 6.45) is 4.98. The van der Waals surface area contributed by atoms with E-state index < -0.39 is 0 Å². The van der Waals surface area contributed by atoms with Crippen LogP contribution in [0.2, 0.25) is 0 Å². The number of aryl methyl sites for hydroxylation is 1. The summed E-state index contributed by atoms with van der Waals surface area (Å²) in [6.45, 7) is 1.07. The molecular formula is C22H23N3O2. The minimum absolute atomic E-state index is 0.000659. The van der Waals surface area contributed by atoms with Crippen molar-refractivity contribution in [2.45, 2.75) is 25.5 Å². The predicted octanol–water partition coefficient (Wildman–Crippen LogP) is 3.80. The number of ether oxygens (including phenoxy) is 1. The van der Waals surface area contributed by atoms with Crippen LogP contribution in [-0.4, -0.2) is 28.2 Å². The fourth-order valence-electron chi connectivity index (χ4n) is 3.42. The fraction of sp³-hybridized carbons (Fsp3) is 0.273. The summed E-state index contributed by atoms with van der Waals surface area (Å²) in [5, 5.41) is 0. The molecule has 0 saturated carbocycles. The maximum Gasteiger partial charge on any atom is 0.256 e. The van der Waals surface area contributed by atoms with Gasteiger partial charge < -0.3 is 14.2 Å². The molecule has 1 amide bonds. The summed E-state index contributed by atoms with van der Waals surface area (Å²) in [4.78, 5) is 19.4. The Morgan fingerprint density at radius 1 is 1.19 bits per heavy atom. The van der Waals surface area contributed by atoms with Gasteiger partial charge >= 0.3 is 0 Å². The van der Waals surface area contributed by atoms with Gasteiger partial charge in [0.05, 0.1) is 6.54 Å². The highest BCUT2D eigenvalue weighted by atomic mass is 16.5. The number of carbonyl (C=O) groups excluding carboxylic acids is 1. The summed E-state index contributed by atoms with van der Waals surface area (Å²) in [5.74, 6) is 0.840. The van der Waals surface area contributed by atoms with Crippen LogP contribution >= 0.6 is 0 Å². The normalized spacial score (nSPS) is 16.4. The third kappa shape index (κ3) is 3.78. The first kappa shape index (κ1) is 17.5. The molecule has 138 valence electrons. The molecule has 0 aliphatic carbocycles. The Balaban J connectivity index is 1.69. The molecule has 1 aromatic heterocycles. The molecule has 0 spiro atoms. The molecule has 0 unspecified atom stereocenters. The number of anilines is 1. The molecule has 1 aliphatic rings. The molecule has 0 bridgehead atoms. The molecule has 2 heterocycles. The number of benzene rings is 2.